The molecule has 0 atom stereocenters. The number of aromatic amines is 1. The molecule has 0 unspecified atom stereocenters. The molecule has 1 aliphatic carbocycles. The third-order valence-electron chi connectivity index (χ3n) is 6.25. The summed E-state index contributed by atoms with van der Waals surface area (Å²) in [6, 6.07) is 7.68. The van der Waals surface area contributed by atoms with Gasteiger partial charge in [0, 0.05) is 30.8 Å². The smallest absolute Gasteiger partial charge is 0.119 e. The lowest BCUT2D eigenvalue weighted by Crippen LogP contribution is -2.24. The van der Waals surface area contributed by atoms with Crippen LogP contribution >= 0.6 is 0 Å². The van der Waals surface area contributed by atoms with E-state index in [0.717, 1.165) is 50.3 Å². The molecular formula is C26H41N3O4. The summed E-state index contributed by atoms with van der Waals surface area (Å²) in [5.74, 6) is 2.21. The Balaban J connectivity index is 1.32. The van der Waals surface area contributed by atoms with Gasteiger partial charge in [0.15, 0.2) is 0 Å². The maximum Gasteiger partial charge on any atom is 0.119 e. The first-order valence-electron chi connectivity index (χ1n) is 12.4. The van der Waals surface area contributed by atoms with E-state index in [1.165, 1.54) is 24.1 Å². The van der Waals surface area contributed by atoms with Gasteiger partial charge in [0.05, 0.1) is 25.5 Å². The molecule has 2 aromatic rings. The summed E-state index contributed by atoms with van der Waals surface area (Å²) in [6.45, 7) is 6.64. The quantitative estimate of drug-likeness (QED) is 0.386. The molecule has 1 aliphatic rings. The number of hydrogen-bond donors (Lipinski definition) is 1. The number of hydrogen-bond acceptors (Lipinski definition) is 6. The van der Waals surface area contributed by atoms with Gasteiger partial charge in [0.1, 0.15) is 24.7 Å². The van der Waals surface area contributed by atoms with Crippen LogP contribution in [0.2, 0.25) is 0 Å². The van der Waals surface area contributed by atoms with E-state index < -0.39 is 0 Å². The molecule has 0 bridgehead atoms. The maximum atomic E-state index is 6.10. The Bertz CT molecular complexity index is 772. The van der Waals surface area contributed by atoms with Crippen molar-refractivity contribution in [2.45, 2.75) is 64.0 Å². The van der Waals surface area contributed by atoms with E-state index >= 15 is 0 Å². The lowest BCUT2D eigenvalue weighted by atomic mass is 9.84. The van der Waals surface area contributed by atoms with Crippen LogP contribution in [0.15, 0.2) is 30.5 Å². The zero-order valence-electron chi connectivity index (χ0n) is 20.6. The monoisotopic (exact) mass is 459 g/mol. The number of methoxy groups -OCH3 is 1. The van der Waals surface area contributed by atoms with Crippen LogP contribution in [-0.4, -0.2) is 68.3 Å². The molecule has 7 nitrogen and oxygen atoms in total. The zero-order chi connectivity index (χ0) is 23.3. The van der Waals surface area contributed by atoms with E-state index in [2.05, 4.69) is 29.1 Å². The minimum absolute atomic E-state index is 0.319. The molecular weight excluding hydrogens is 418 g/mol. The number of aromatic nitrogens is 2. The van der Waals surface area contributed by atoms with Gasteiger partial charge < -0.3 is 23.8 Å². The van der Waals surface area contributed by atoms with E-state index in [1.54, 1.807) is 7.11 Å². The van der Waals surface area contributed by atoms with Crippen molar-refractivity contribution >= 4 is 0 Å². The molecule has 0 radical (unpaired) electrons. The fourth-order valence-electron chi connectivity index (χ4n) is 4.37. The molecule has 1 N–H and O–H groups in total. The molecule has 184 valence electrons. The minimum atomic E-state index is 0.319. The molecule has 0 aliphatic heterocycles. The van der Waals surface area contributed by atoms with Crippen LogP contribution < -0.4 is 9.47 Å². The van der Waals surface area contributed by atoms with E-state index in [1.807, 2.05) is 30.5 Å². The predicted molar refractivity (Wildman–Crippen MR) is 130 cm³/mol. The third kappa shape index (κ3) is 8.65. The van der Waals surface area contributed by atoms with Crippen molar-refractivity contribution in [3.05, 3.63) is 41.7 Å². The average molecular weight is 460 g/mol. The normalized spacial score (nSPS) is 18.5. The van der Waals surface area contributed by atoms with Crippen LogP contribution in [0.3, 0.4) is 0 Å². The second kappa shape index (κ2) is 14.2. The Morgan fingerprint density at radius 1 is 0.970 bits per heavy atom. The Kier molecular flexibility index (Phi) is 11.0. The molecule has 1 aromatic heterocycles. The maximum absolute atomic E-state index is 6.10. The van der Waals surface area contributed by atoms with Gasteiger partial charge in [-0.2, -0.15) is 5.10 Å². The molecule has 33 heavy (non-hydrogen) atoms. The van der Waals surface area contributed by atoms with Crippen LogP contribution in [0.25, 0.3) is 0 Å². The van der Waals surface area contributed by atoms with Crippen LogP contribution in [-0.2, 0) is 16.0 Å². The van der Waals surface area contributed by atoms with Crippen molar-refractivity contribution < 1.29 is 18.9 Å². The molecule has 1 heterocycles. The van der Waals surface area contributed by atoms with Gasteiger partial charge in [-0.05, 0) is 70.0 Å². The number of benzene rings is 1. The predicted octanol–water partition coefficient (Wildman–Crippen LogP) is 4.79. The first kappa shape index (κ1) is 25.5. The van der Waals surface area contributed by atoms with Gasteiger partial charge in [-0.1, -0.05) is 13.3 Å². The minimum Gasteiger partial charge on any atom is -0.491 e. The summed E-state index contributed by atoms with van der Waals surface area (Å²) in [4.78, 5) is 2.40. The fraction of sp³-hybridized carbons (Fsp3) is 0.654. The number of H-pyrrole nitrogens is 1. The van der Waals surface area contributed by atoms with Crippen molar-refractivity contribution in [2.75, 3.05) is 47.1 Å². The highest BCUT2D eigenvalue weighted by Gasteiger charge is 2.26. The molecule has 0 amide bonds. The van der Waals surface area contributed by atoms with Crippen molar-refractivity contribution in [3.8, 4) is 11.5 Å². The fourth-order valence-corrected chi connectivity index (χ4v) is 4.37. The number of unbranched alkanes of at least 4 members (excludes halogenated alkanes) is 1. The average Bonchev–Trinajstić information content (AvgIpc) is 3.30. The van der Waals surface area contributed by atoms with Crippen molar-refractivity contribution in [3.63, 3.8) is 0 Å². The lowest BCUT2D eigenvalue weighted by molar-refractivity contribution is 0.00948. The Hall–Kier alpha value is -2.09. The zero-order valence-corrected chi connectivity index (χ0v) is 20.6. The van der Waals surface area contributed by atoms with Crippen LogP contribution in [0.4, 0.5) is 0 Å². The summed E-state index contributed by atoms with van der Waals surface area (Å²) in [5, 5.41) is 7.64. The number of rotatable bonds is 15. The van der Waals surface area contributed by atoms with Gasteiger partial charge in [-0.15, -0.1) is 0 Å². The van der Waals surface area contributed by atoms with Crippen LogP contribution in [0.1, 0.15) is 62.6 Å². The van der Waals surface area contributed by atoms with Crippen LogP contribution in [0.5, 0.6) is 11.5 Å². The summed E-state index contributed by atoms with van der Waals surface area (Å²) in [6.07, 6.45) is 9.26. The molecule has 1 fully saturated rings. The molecule has 7 heteroatoms. The number of ether oxygens (including phenoxy) is 4. The van der Waals surface area contributed by atoms with Gasteiger partial charge >= 0.3 is 0 Å². The SMILES string of the molecule is CCCCN(C)Cc1cn[nH]c1C1CCC(OCCOc2ccc(OCCOC)cc2)CC1. The summed E-state index contributed by atoms with van der Waals surface area (Å²) < 4.78 is 22.5. The number of nitrogens with zero attached hydrogens (tertiary/aromatic N) is 2. The number of nitrogens with one attached hydrogen (secondary N) is 1. The Morgan fingerprint density at radius 2 is 1.64 bits per heavy atom. The van der Waals surface area contributed by atoms with E-state index in [4.69, 9.17) is 18.9 Å². The van der Waals surface area contributed by atoms with Gasteiger partial charge in [-0.25, -0.2) is 0 Å². The molecule has 1 aromatic carbocycles. The first-order chi connectivity index (χ1) is 16.2. The Labute approximate surface area is 198 Å². The van der Waals surface area contributed by atoms with E-state index in [-0.39, 0.29) is 0 Å². The largest absolute Gasteiger partial charge is 0.491 e. The van der Waals surface area contributed by atoms with Crippen molar-refractivity contribution in [1.82, 2.24) is 15.1 Å². The highest BCUT2D eigenvalue weighted by atomic mass is 16.5. The summed E-state index contributed by atoms with van der Waals surface area (Å²) >= 11 is 0. The van der Waals surface area contributed by atoms with Gasteiger partial charge in [0.2, 0.25) is 0 Å². The highest BCUT2D eigenvalue weighted by molar-refractivity contribution is 5.31. The molecule has 3 rings (SSSR count). The van der Waals surface area contributed by atoms with E-state index in [9.17, 15) is 0 Å². The van der Waals surface area contributed by atoms with Crippen LogP contribution in [0, 0.1) is 0 Å². The lowest BCUT2D eigenvalue weighted by Gasteiger charge is -2.29. The standard InChI is InChI=1S/C26H41N3O4/c1-4-5-14-29(2)20-22-19-27-28-26(22)21-6-8-23(9-7-21)32-17-18-33-25-12-10-24(11-13-25)31-16-15-30-3/h10-13,19,21,23H,4-9,14-18,20H2,1-3H3,(H,27,28). The van der Waals surface area contributed by atoms with Gasteiger partial charge in [0.25, 0.3) is 0 Å². The first-order valence-corrected chi connectivity index (χ1v) is 12.4. The molecule has 1 saturated carbocycles. The summed E-state index contributed by atoms with van der Waals surface area (Å²) in [5.41, 5.74) is 2.68. The highest BCUT2D eigenvalue weighted by Crippen LogP contribution is 2.34. The molecule has 0 saturated heterocycles. The Morgan fingerprint density at radius 3 is 2.27 bits per heavy atom. The second-order valence-corrected chi connectivity index (χ2v) is 8.91. The molecule has 0 spiro atoms. The third-order valence-corrected chi connectivity index (χ3v) is 6.25. The second-order valence-electron chi connectivity index (χ2n) is 8.91. The van der Waals surface area contributed by atoms with Crippen molar-refractivity contribution in [1.29, 1.82) is 0 Å². The van der Waals surface area contributed by atoms with E-state index in [0.29, 0.717) is 38.4 Å². The van der Waals surface area contributed by atoms with Crippen molar-refractivity contribution in [2.24, 2.45) is 0 Å². The van der Waals surface area contributed by atoms with Gasteiger partial charge in [-0.3, -0.25) is 5.10 Å². The topological polar surface area (TPSA) is 68.8 Å². The summed E-state index contributed by atoms with van der Waals surface area (Å²) in [7, 11) is 3.86.